The molecule has 1 amide bonds. The van der Waals surface area contributed by atoms with Crippen LogP contribution in [0.5, 0.6) is 0 Å². The maximum absolute atomic E-state index is 11.6. The number of nitrogens with one attached hydrogen (secondary N) is 1. The van der Waals surface area contributed by atoms with E-state index < -0.39 is 6.04 Å². The van der Waals surface area contributed by atoms with Crippen LogP contribution in [-0.4, -0.2) is 18.5 Å². The molecule has 0 aromatic heterocycles. The van der Waals surface area contributed by atoms with Crippen LogP contribution in [-0.2, 0) is 4.79 Å². The van der Waals surface area contributed by atoms with Crippen LogP contribution in [0.2, 0.25) is 0 Å². The molecule has 1 aromatic carbocycles. The molecule has 1 saturated carbocycles. The van der Waals surface area contributed by atoms with E-state index in [0.717, 1.165) is 17.8 Å². The molecule has 3 N–H and O–H groups in total. The number of anilines is 2. The monoisotopic (exact) mass is 273 g/mol. The lowest BCUT2D eigenvalue weighted by Gasteiger charge is -2.26. The molecule has 4 heteroatoms. The molecule has 1 aliphatic carbocycles. The van der Waals surface area contributed by atoms with E-state index in [1.165, 1.54) is 24.9 Å². The summed E-state index contributed by atoms with van der Waals surface area (Å²) >= 11 is 0. The molecule has 20 heavy (non-hydrogen) atoms. The molecule has 4 nitrogen and oxygen atoms in total. The summed E-state index contributed by atoms with van der Waals surface area (Å²) in [5.74, 6) is 0.608. The largest absolute Gasteiger partial charge is 0.368 e. The summed E-state index contributed by atoms with van der Waals surface area (Å²) in [6, 6.07) is 6.36. The Hall–Kier alpha value is -1.55. The van der Waals surface area contributed by atoms with Gasteiger partial charge in [-0.1, -0.05) is 19.9 Å². The van der Waals surface area contributed by atoms with Gasteiger partial charge in [0, 0.05) is 29.5 Å². The van der Waals surface area contributed by atoms with Gasteiger partial charge >= 0.3 is 0 Å². The predicted molar refractivity (Wildman–Crippen MR) is 81.8 cm³/mol. The highest BCUT2D eigenvalue weighted by atomic mass is 16.2. The van der Waals surface area contributed by atoms with Crippen molar-refractivity contribution >= 4 is 17.3 Å². The van der Waals surface area contributed by atoms with E-state index in [9.17, 15) is 4.79 Å². The molecule has 2 aliphatic rings. The quantitative estimate of drug-likeness (QED) is 0.867. The van der Waals surface area contributed by atoms with Crippen molar-refractivity contribution in [2.24, 2.45) is 11.7 Å². The Morgan fingerprint density at radius 3 is 2.80 bits per heavy atom. The second kappa shape index (κ2) is 5.09. The second-order valence-electron chi connectivity index (χ2n) is 6.35. The minimum absolute atomic E-state index is 0.0997. The Morgan fingerprint density at radius 1 is 1.40 bits per heavy atom. The average molecular weight is 273 g/mol. The Balaban J connectivity index is 1.82. The van der Waals surface area contributed by atoms with Crippen molar-refractivity contribution in [1.29, 1.82) is 0 Å². The van der Waals surface area contributed by atoms with E-state index in [0.29, 0.717) is 12.0 Å². The topological polar surface area (TPSA) is 58.4 Å². The van der Waals surface area contributed by atoms with Crippen molar-refractivity contribution in [1.82, 2.24) is 0 Å². The van der Waals surface area contributed by atoms with Gasteiger partial charge in [0.05, 0.1) is 0 Å². The highest BCUT2D eigenvalue weighted by Gasteiger charge is 2.31. The highest BCUT2D eigenvalue weighted by Crippen LogP contribution is 2.37. The van der Waals surface area contributed by atoms with Gasteiger partial charge in [0.25, 0.3) is 0 Å². The molecule has 1 fully saturated rings. The summed E-state index contributed by atoms with van der Waals surface area (Å²) in [7, 11) is 0. The molecule has 1 aromatic rings. The summed E-state index contributed by atoms with van der Waals surface area (Å²) < 4.78 is 0. The molecule has 1 heterocycles. The normalized spacial score (nSPS) is 21.0. The first-order valence-electron chi connectivity index (χ1n) is 7.53. The molecule has 0 saturated heterocycles. The number of hydrogen-bond acceptors (Lipinski definition) is 3. The van der Waals surface area contributed by atoms with Crippen molar-refractivity contribution in [3.05, 3.63) is 23.8 Å². The van der Waals surface area contributed by atoms with Gasteiger partial charge in [-0.25, -0.2) is 0 Å². The minimum atomic E-state index is -0.510. The summed E-state index contributed by atoms with van der Waals surface area (Å²) in [5, 5.41) is 2.88. The van der Waals surface area contributed by atoms with Gasteiger partial charge in [-0.05, 0) is 37.3 Å². The van der Waals surface area contributed by atoms with Crippen molar-refractivity contribution in [3.8, 4) is 0 Å². The summed E-state index contributed by atoms with van der Waals surface area (Å²) in [4.78, 5) is 14.1. The van der Waals surface area contributed by atoms with Crippen molar-refractivity contribution in [3.63, 3.8) is 0 Å². The summed E-state index contributed by atoms with van der Waals surface area (Å²) in [6.07, 6.45) is 3.75. The third-order valence-electron chi connectivity index (χ3n) is 4.18. The van der Waals surface area contributed by atoms with E-state index in [2.05, 4.69) is 36.2 Å². The van der Waals surface area contributed by atoms with Crippen LogP contribution in [0, 0.1) is 5.92 Å². The number of nitrogens with two attached hydrogens (primary N) is 1. The van der Waals surface area contributed by atoms with Gasteiger partial charge in [-0.15, -0.1) is 0 Å². The van der Waals surface area contributed by atoms with Gasteiger partial charge < -0.3 is 16.0 Å². The highest BCUT2D eigenvalue weighted by molar-refractivity contribution is 6.03. The van der Waals surface area contributed by atoms with Crippen LogP contribution in [0.3, 0.4) is 0 Å². The number of carbonyl (C=O) groups excluding carboxylic acids is 1. The maximum Gasteiger partial charge on any atom is 0.245 e. The number of carbonyl (C=O) groups is 1. The fraction of sp³-hybridized carbons (Fsp3) is 0.562. The zero-order chi connectivity index (χ0) is 14.3. The van der Waals surface area contributed by atoms with Crippen LogP contribution in [0.25, 0.3) is 0 Å². The molecule has 3 rings (SSSR count). The van der Waals surface area contributed by atoms with Crippen molar-refractivity contribution < 1.29 is 4.79 Å². The number of rotatable bonds is 5. The SMILES string of the molecule is CC(C)CCN(c1ccc2c(c1)NC(=O)C2N)C1CC1. The van der Waals surface area contributed by atoms with E-state index in [1.807, 2.05) is 6.07 Å². The van der Waals surface area contributed by atoms with Crippen LogP contribution < -0.4 is 16.0 Å². The molecule has 1 unspecified atom stereocenters. The predicted octanol–water partition coefficient (Wildman–Crippen LogP) is 2.65. The lowest BCUT2D eigenvalue weighted by Crippen LogP contribution is -2.27. The van der Waals surface area contributed by atoms with Crippen LogP contribution in [0.4, 0.5) is 11.4 Å². The Kier molecular flexibility index (Phi) is 3.42. The smallest absolute Gasteiger partial charge is 0.245 e. The third-order valence-corrected chi connectivity index (χ3v) is 4.18. The molecule has 1 atom stereocenters. The van der Waals surface area contributed by atoms with Gasteiger partial charge in [0.15, 0.2) is 0 Å². The first kappa shape index (κ1) is 13.4. The van der Waals surface area contributed by atoms with Crippen molar-refractivity contribution in [2.45, 2.75) is 45.2 Å². The average Bonchev–Trinajstić information content (AvgIpc) is 3.18. The number of fused-ring (bicyclic) bond motifs is 1. The first-order chi connectivity index (χ1) is 9.56. The minimum Gasteiger partial charge on any atom is -0.368 e. The third kappa shape index (κ3) is 2.52. The van der Waals surface area contributed by atoms with Crippen molar-refractivity contribution in [2.75, 3.05) is 16.8 Å². The Bertz CT molecular complexity index is 522. The molecule has 0 radical (unpaired) electrons. The van der Waals surface area contributed by atoms with Crippen LogP contribution in [0.1, 0.15) is 44.7 Å². The molecule has 0 spiro atoms. The number of hydrogen-bond donors (Lipinski definition) is 2. The maximum atomic E-state index is 11.6. The van der Waals surface area contributed by atoms with Crippen LogP contribution in [0.15, 0.2) is 18.2 Å². The number of benzene rings is 1. The first-order valence-corrected chi connectivity index (χ1v) is 7.53. The van der Waals surface area contributed by atoms with E-state index >= 15 is 0 Å². The van der Waals surface area contributed by atoms with E-state index in [1.54, 1.807) is 0 Å². The summed E-state index contributed by atoms with van der Waals surface area (Å²) in [6.45, 7) is 5.60. The number of nitrogens with zero attached hydrogens (tertiary/aromatic N) is 1. The second-order valence-corrected chi connectivity index (χ2v) is 6.35. The van der Waals surface area contributed by atoms with Crippen LogP contribution >= 0.6 is 0 Å². The lowest BCUT2D eigenvalue weighted by molar-refractivity contribution is -0.116. The summed E-state index contributed by atoms with van der Waals surface area (Å²) in [5.41, 5.74) is 8.87. The zero-order valence-electron chi connectivity index (χ0n) is 12.2. The molecule has 0 bridgehead atoms. The molecule has 1 aliphatic heterocycles. The Labute approximate surface area is 120 Å². The fourth-order valence-corrected chi connectivity index (χ4v) is 2.76. The fourth-order valence-electron chi connectivity index (χ4n) is 2.76. The molecule has 108 valence electrons. The van der Waals surface area contributed by atoms with Gasteiger partial charge in [-0.3, -0.25) is 4.79 Å². The lowest BCUT2D eigenvalue weighted by atomic mass is 10.1. The standard InChI is InChI=1S/C16H23N3O/c1-10(2)7-8-19(11-3-4-11)12-5-6-13-14(9-12)18-16(20)15(13)17/h5-6,9-11,15H,3-4,7-8,17H2,1-2H3,(H,18,20). The number of amides is 1. The zero-order valence-corrected chi connectivity index (χ0v) is 12.2. The Morgan fingerprint density at radius 2 is 2.15 bits per heavy atom. The van der Waals surface area contributed by atoms with Gasteiger partial charge in [-0.2, -0.15) is 0 Å². The van der Waals surface area contributed by atoms with E-state index in [-0.39, 0.29) is 5.91 Å². The van der Waals surface area contributed by atoms with E-state index in [4.69, 9.17) is 5.73 Å². The molecular weight excluding hydrogens is 250 g/mol. The van der Waals surface area contributed by atoms with Gasteiger partial charge in [0.2, 0.25) is 5.91 Å². The molecular formula is C16H23N3O. The van der Waals surface area contributed by atoms with Gasteiger partial charge in [0.1, 0.15) is 6.04 Å².